The van der Waals surface area contributed by atoms with Gasteiger partial charge in [0.05, 0.1) is 0 Å². The third-order valence-electron chi connectivity index (χ3n) is 2.94. The van der Waals surface area contributed by atoms with E-state index in [1.54, 1.807) is 27.7 Å². The van der Waals surface area contributed by atoms with E-state index in [2.05, 4.69) is 4.98 Å². The maximum absolute atomic E-state index is 12.7. The Morgan fingerprint density at radius 2 is 2.16 bits per heavy atom. The maximum atomic E-state index is 12.7. The molecule has 1 saturated heterocycles. The summed E-state index contributed by atoms with van der Waals surface area (Å²) < 4.78 is 28.5. The highest BCUT2D eigenvalue weighted by atomic mass is 35.5. The van der Waals surface area contributed by atoms with E-state index in [1.165, 1.54) is 15.6 Å². The molecular weight excluding hydrogens is 326 g/mol. The zero-order valence-corrected chi connectivity index (χ0v) is 13.2. The first-order valence-electron chi connectivity index (χ1n) is 5.79. The average molecular weight is 338 g/mol. The molecule has 0 atom stereocenters. The molecule has 0 radical (unpaired) electrons. The van der Waals surface area contributed by atoms with Gasteiger partial charge in [0.2, 0.25) is 0 Å². The molecule has 104 valence electrons. The fourth-order valence-electron chi connectivity index (χ4n) is 2.06. The Bertz CT molecular complexity index is 686. The number of sulfonamides is 1. The van der Waals surface area contributed by atoms with E-state index in [4.69, 9.17) is 11.6 Å². The van der Waals surface area contributed by atoms with Crippen molar-refractivity contribution >= 4 is 49.7 Å². The molecule has 0 saturated carbocycles. The topological polar surface area (TPSA) is 54.7 Å². The molecule has 3 heterocycles. The Balaban J connectivity index is 2.08. The number of nitrogens with zero attached hydrogens (tertiary/aromatic N) is 3. The van der Waals surface area contributed by atoms with E-state index in [9.17, 15) is 8.42 Å². The second-order valence-corrected chi connectivity index (χ2v) is 8.44. The summed E-state index contributed by atoms with van der Waals surface area (Å²) in [5.41, 5.74) is 0. The van der Waals surface area contributed by atoms with Crippen molar-refractivity contribution in [3.05, 3.63) is 16.7 Å². The van der Waals surface area contributed by atoms with Crippen molar-refractivity contribution in [3.8, 4) is 0 Å². The summed E-state index contributed by atoms with van der Waals surface area (Å²) in [7, 11) is -3.57. The quantitative estimate of drug-likeness (QED) is 0.842. The van der Waals surface area contributed by atoms with Crippen LogP contribution in [0.15, 0.2) is 16.6 Å². The van der Waals surface area contributed by atoms with Crippen molar-refractivity contribution in [1.29, 1.82) is 0 Å². The van der Waals surface area contributed by atoms with Crippen LogP contribution < -0.4 is 0 Å². The summed E-state index contributed by atoms with van der Waals surface area (Å²) >= 11 is 9.17. The van der Waals surface area contributed by atoms with Crippen LogP contribution in [0.25, 0.3) is 4.96 Å². The summed E-state index contributed by atoms with van der Waals surface area (Å²) in [5, 5.41) is 1.96. The first kappa shape index (κ1) is 13.7. The summed E-state index contributed by atoms with van der Waals surface area (Å²) in [5.74, 6) is 1.82. The molecule has 1 fully saturated rings. The first-order valence-corrected chi connectivity index (χ1v) is 9.65. The van der Waals surface area contributed by atoms with Crippen LogP contribution in [0, 0.1) is 0 Å². The second-order valence-electron chi connectivity index (χ2n) is 4.13. The van der Waals surface area contributed by atoms with Gasteiger partial charge in [0, 0.05) is 30.4 Å². The van der Waals surface area contributed by atoms with Crippen molar-refractivity contribution in [2.24, 2.45) is 0 Å². The molecule has 1 aliphatic heterocycles. The highest BCUT2D eigenvalue weighted by molar-refractivity contribution is 7.99. The van der Waals surface area contributed by atoms with Crippen molar-refractivity contribution in [1.82, 2.24) is 13.7 Å². The fourth-order valence-corrected chi connectivity index (χ4v) is 5.94. The van der Waals surface area contributed by atoms with E-state index in [0.717, 1.165) is 17.9 Å². The Morgan fingerprint density at radius 3 is 3.00 bits per heavy atom. The number of rotatable bonds is 2. The van der Waals surface area contributed by atoms with Gasteiger partial charge in [0.25, 0.3) is 10.0 Å². The molecule has 0 aliphatic carbocycles. The van der Waals surface area contributed by atoms with Crippen molar-refractivity contribution < 1.29 is 8.42 Å². The summed E-state index contributed by atoms with van der Waals surface area (Å²) in [6.45, 7) is 1.07. The number of thioether (sulfide) groups is 1. The highest BCUT2D eigenvalue weighted by Crippen LogP contribution is 2.28. The SMILES string of the molecule is O=S(=O)(c1c(Cl)nc2sccn12)N1CCCSCC1. The van der Waals surface area contributed by atoms with Crippen LogP contribution in [-0.4, -0.2) is 46.7 Å². The molecular formula is C10H12ClN3O2S3. The fraction of sp³-hybridized carbons (Fsp3) is 0.500. The van der Waals surface area contributed by atoms with Gasteiger partial charge in [-0.2, -0.15) is 16.1 Å². The van der Waals surface area contributed by atoms with Crippen LogP contribution in [-0.2, 0) is 10.0 Å². The standard InChI is InChI=1S/C10H12ClN3O2S3/c11-8-9(14-4-7-18-10(14)12-8)19(15,16)13-2-1-5-17-6-3-13/h4,7H,1-3,5-6H2. The largest absolute Gasteiger partial charge is 0.279 e. The zero-order chi connectivity index (χ0) is 13.5. The Labute approximate surface area is 124 Å². The second kappa shape index (κ2) is 5.25. The molecule has 2 aromatic heterocycles. The molecule has 19 heavy (non-hydrogen) atoms. The third-order valence-corrected chi connectivity index (χ3v) is 7.05. The Kier molecular flexibility index (Phi) is 3.78. The van der Waals surface area contributed by atoms with Gasteiger partial charge in [0.1, 0.15) is 0 Å². The van der Waals surface area contributed by atoms with Crippen LogP contribution in [0.2, 0.25) is 5.15 Å². The van der Waals surface area contributed by atoms with Gasteiger partial charge < -0.3 is 0 Å². The lowest BCUT2D eigenvalue weighted by Gasteiger charge is -2.18. The molecule has 5 nitrogen and oxygen atoms in total. The van der Waals surface area contributed by atoms with Crippen LogP contribution in [0.3, 0.4) is 0 Å². The van der Waals surface area contributed by atoms with E-state index in [0.29, 0.717) is 18.1 Å². The predicted octanol–water partition coefficient (Wildman–Crippen LogP) is 2.18. The Morgan fingerprint density at radius 1 is 1.32 bits per heavy atom. The first-order chi connectivity index (χ1) is 9.10. The highest BCUT2D eigenvalue weighted by Gasteiger charge is 2.31. The summed E-state index contributed by atoms with van der Waals surface area (Å²) in [4.78, 5) is 4.70. The monoisotopic (exact) mass is 337 g/mol. The predicted molar refractivity (Wildman–Crippen MR) is 78.8 cm³/mol. The van der Waals surface area contributed by atoms with E-state index in [-0.39, 0.29) is 10.2 Å². The lowest BCUT2D eigenvalue weighted by Crippen LogP contribution is -2.33. The van der Waals surface area contributed by atoms with E-state index in [1.807, 2.05) is 0 Å². The zero-order valence-electron chi connectivity index (χ0n) is 9.95. The molecule has 0 spiro atoms. The van der Waals surface area contributed by atoms with E-state index < -0.39 is 10.0 Å². The molecule has 0 N–H and O–H groups in total. The molecule has 0 amide bonds. The molecule has 3 rings (SSSR count). The van der Waals surface area contributed by atoms with Crippen LogP contribution in [0.1, 0.15) is 6.42 Å². The minimum absolute atomic E-state index is 0.0590. The average Bonchev–Trinajstić information content (AvgIpc) is 2.77. The summed E-state index contributed by atoms with van der Waals surface area (Å²) in [6.07, 6.45) is 2.56. The number of hydrogen-bond acceptors (Lipinski definition) is 5. The number of halogens is 1. The lowest BCUT2D eigenvalue weighted by molar-refractivity contribution is 0.432. The van der Waals surface area contributed by atoms with Gasteiger partial charge in [0.15, 0.2) is 15.1 Å². The van der Waals surface area contributed by atoms with E-state index >= 15 is 0 Å². The number of aromatic nitrogens is 2. The Hall–Kier alpha value is -0.280. The number of fused-ring (bicyclic) bond motifs is 1. The van der Waals surface area contributed by atoms with Gasteiger partial charge in [-0.3, -0.25) is 4.40 Å². The maximum Gasteiger partial charge on any atom is 0.262 e. The molecule has 9 heteroatoms. The van der Waals surface area contributed by atoms with Gasteiger partial charge >= 0.3 is 0 Å². The third kappa shape index (κ3) is 2.40. The van der Waals surface area contributed by atoms with Crippen LogP contribution in [0.4, 0.5) is 0 Å². The number of hydrogen-bond donors (Lipinski definition) is 0. The molecule has 1 aliphatic rings. The minimum Gasteiger partial charge on any atom is -0.279 e. The molecule has 2 aromatic rings. The molecule has 0 unspecified atom stereocenters. The van der Waals surface area contributed by atoms with Gasteiger partial charge in [-0.25, -0.2) is 13.4 Å². The minimum atomic E-state index is -3.57. The van der Waals surface area contributed by atoms with Gasteiger partial charge in [-0.1, -0.05) is 11.6 Å². The van der Waals surface area contributed by atoms with Crippen molar-refractivity contribution in [2.75, 3.05) is 24.6 Å². The van der Waals surface area contributed by atoms with Crippen molar-refractivity contribution in [2.45, 2.75) is 11.4 Å². The smallest absolute Gasteiger partial charge is 0.262 e. The summed E-state index contributed by atoms with van der Waals surface area (Å²) in [6, 6.07) is 0. The van der Waals surface area contributed by atoms with Crippen molar-refractivity contribution in [3.63, 3.8) is 0 Å². The van der Waals surface area contributed by atoms with Gasteiger partial charge in [-0.05, 0) is 12.2 Å². The number of thiazole rings is 1. The normalized spacial score (nSPS) is 18.8. The lowest BCUT2D eigenvalue weighted by atomic mass is 10.5. The van der Waals surface area contributed by atoms with Crippen LogP contribution in [0.5, 0.6) is 0 Å². The van der Waals surface area contributed by atoms with Gasteiger partial charge in [-0.15, -0.1) is 11.3 Å². The molecule has 0 aromatic carbocycles. The number of imidazole rings is 1. The van der Waals surface area contributed by atoms with Crippen LogP contribution >= 0.6 is 34.7 Å². The molecule has 0 bridgehead atoms.